The second-order valence-corrected chi connectivity index (χ2v) is 1.99. The van der Waals surface area contributed by atoms with E-state index >= 15 is 0 Å². The summed E-state index contributed by atoms with van der Waals surface area (Å²) < 4.78 is 2.62. The highest BCUT2D eigenvalue weighted by Gasteiger charge is 1.94. The maximum atomic E-state index is 8.53. The van der Waals surface area contributed by atoms with E-state index in [1.54, 1.807) is 12.1 Å². The van der Waals surface area contributed by atoms with Crippen LogP contribution in [0, 0.1) is 0 Å². The van der Waals surface area contributed by atoms with E-state index in [0.717, 1.165) is 5.69 Å². The molecule has 0 aliphatic heterocycles. The highest BCUT2D eigenvalue weighted by Crippen LogP contribution is 2.19. The monoisotopic (exact) mass is 156 g/mol. The molecule has 0 spiro atoms. The van der Waals surface area contributed by atoms with Gasteiger partial charge in [0.05, 0.1) is 11.4 Å². The molecule has 0 atom stereocenters. The second kappa shape index (κ2) is 3.34. The maximum Gasteiger partial charge on any atom is 0.0841 e. The summed E-state index contributed by atoms with van der Waals surface area (Å²) in [5, 5.41) is 8.53. The minimum atomic E-state index is 0.609. The van der Waals surface area contributed by atoms with Crippen LogP contribution in [0.3, 0.4) is 0 Å². The van der Waals surface area contributed by atoms with Gasteiger partial charge in [0.15, 0.2) is 0 Å². The van der Waals surface area contributed by atoms with Crippen molar-refractivity contribution in [3.8, 4) is 0 Å². The van der Waals surface area contributed by atoms with Gasteiger partial charge in [-0.3, -0.25) is 10.7 Å². The Hall–Kier alpha value is -0.870. The quantitative estimate of drug-likeness (QED) is 0.389. The van der Waals surface area contributed by atoms with Crippen molar-refractivity contribution in [2.75, 3.05) is 10.2 Å². The highest BCUT2D eigenvalue weighted by atomic mass is 32.1. The number of para-hydroxylation sites is 2. The first-order valence-electron chi connectivity index (χ1n) is 2.77. The van der Waals surface area contributed by atoms with E-state index in [-0.39, 0.29) is 0 Å². The van der Waals surface area contributed by atoms with Crippen molar-refractivity contribution in [2.45, 2.75) is 0 Å². The van der Waals surface area contributed by atoms with Crippen molar-refractivity contribution in [3.05, 3.63) is 24.3 Å². The zero-order valence-electron chi connectivity index (χ0n) is 5.20. The maximum absolute atomic E-state index is 8.53. The fourth-order valence-electron chi connectivity index (χ4n) is 0.678. The molecule has 0 amide bonds. The molecular weight excluding hydrogens is 148 g/mol. The van der Waals surface area contributed by atoms with Gasteiger partial charge in [0.2, 0.25) is 0 Å². The fourth-order valence-corrected chi connectivity index (χ4v) is 0.873. The van der Waals surface area contributed by atoms with Gasteiger partial charge in [-0.15, -0.1) is 0 Å². The summed E-state index contributed by atoms with van der Waals surface area (Å²) in [5.41, 5.74) is 3.39. The molecule has 4 heteroatoms. The van der Waals surface area contributed by atoms with Crippen LogP contribution in [-0.4, -0.2) is 5.21 Å². The van der Waals surface area contributed by atoms with E-state index < -0.39 is 0 Å². The van der Waals surface area contributed by atoms with Gasteiger partial charge in [0, 0.05) is 0 Å². The summed E-state index contributed by atoms with van der Waals surface area (Å²) in [5.74, 6) is 0. The lowest BCUT2D eigenvalue weighted by molar-refractivity contribution is 0.389. The molecule has 3 nitrogen and oxygen atoms in total. The molecule has 3 N–H and O–H groups in total. The van der Waals surface area contributed by atoms with Gasteiger partial charge in [-0.1, -0.05) is 24.9 Å². The molecule has 1 aromatic rings. The van der Waals surface area contributed by atoms with Crippen LogP contribution in [0.1, 0.15) is 0 Å². The molecule has 0 saturated heterocycles. The first-order chi connectivity index (χ1) is 4.88. The molecule has 0 aliphatic rings. The molecule has 0 unspecified atom stereocenters. The minimum Gasteiger partial charge on any atom is -0.331 e. The summed E-state index contributed by atoms with van der Waals surface area (Å²) in [4.78, 5) is 0. The summed E-state index contributed by atoms with van der Waals surface area (Å²) in [7, 11) is 0. The Labute approximate surface area is 64.6 Å². The van der Waals surface area contributed by atoms with Crippen molar-refractivity contribution in [2.24, 2.45) is 0 Å². The van der Waals surface area contributed by atoms with Crippen molar-refractivity contribution in [1.29, 1.82) is 0 Å². The van der Waals surface area contributed by atoms with E-state index in [9.17, 15) is 0 Å². The van der Waals surface area contributed by atoms with Crippen molar-refractivity contribution >= 4 is 24.2 Å². The molecule has 1 aromatic carbocycles. The van der Waals surface area contributed by atoms with E-state index in [1.165, 1.54) is 0 Å². The summed E-state index contributed by atoms with van der Waals surface area (Å²) in [6.45, 7) is 0. The smallest absolute Gasteiger partial charge is 0.0841 e. The number of hydrogen-bond donors (Lipinski definition) is 4. The van der Waals surface area contributed by atoms with Crippen LogP contribution in [0.25, 0.3) is 0 Å². The van der Waals surface area contributed by atoms with Crippen molar-refractivity contribution in [1.82, 2.24) is 0 Å². The minimum absolute atomic E-state index is 0.609. The van der Waals surface area contributed by atoms with Crippen LogP contribution in [0.4, 0.5) is 11.4 Å². The predicted octanol–water partition coefficient (Wildman–Crippen LogP) is 1.74. The molecular formula is C6H8N2OS. The summed E-state index contributed by atoms with van der Waals surface area (Å²) in [6.07, 6.45) is 0. The van der Waals surface area contributed by atoms with Crippen LogP contribution in [-0.2, 0) is 0 Å². The molecule has 0 aromatic heterocycles. The van der Waals surface area contributed by atoms with Gasteiger partial charge in [0.25, 0.3) is 0 Å². The van der Waals surface area contributed by atoms with Crippen LogP contribution in [0.5, 0.6) is 0 Å². The normalized spacial score (nSPS) is 9.00. The topological polar surface area (TPSA) is 44.3 Å². The molecule has 0 fully saturated rings. The number of rotatable bonds is 2. The Kier molecular flexibility index (Phi) is 2.42. The number of benzene rings is 1. The largest absolute Gasteiger partial charge is 0.331 e. The molecule has 54 valence electrons. The molecule has 0 radical (unpaired) electrons. The molecule has 0 heterocycles. The van der Waals surface area contributed by atoms with E-state index in [1.807, 2.05) is 17.6 Å². The number of anilines is 2. The van der Waals surface area contributed by atoms with E-state index in [0.29, 0.717) is 5.69 Å². The fraction of sp³-hybridized carbons (Fsp3) is 0. The van der Waals surface area contributed by atoms with Gasteiger partial charge in [-0.05, 0) is 12.1 Å². The highest BCUT2D eigenvalue weighted by molar-refractivity contribution is 7.81. The first kappa shape index (κ1) is 7.24. The molecule has 0 saturated carbocycles. The zero-order valence-corrected chi connectivity index (χ0v) is 6.10. The Balaban J connectivity index is 2.96. The van der Waals surface area contributed by atoms with Gasteiger partial charge < -0.3 is 4.72 Å². The lowest BCUT2D eigenvalue weighted by Gasteiger charge is -2.04. The van der Waals surface area contributed by atoms with Gasteiger partial charge in [-0.25, -0.2) is 0 Å². The Morgan fingerprint density at radius 1 is 1.20 bits per heavy atom. The third-order valence-corrected chi connectivity index (χ3v) is 1.41. The van der Waals surface area contributed by atoms with E-state index in [2.05, 4.69) is 17.5 Å². The average Bonchev–Trinajstić information content (AvgIpc) is 2.04. The van der Waals surface area contributed by atoms with Gasteiger partial charge in [0.1, 0.15) is 0 Å². The lowest BCUT2D eigenvalue weighted by atomic mass is 10.3. The third-order valence-electron chi connectivity index (χ3n) is 1.17. The van der Waals surface area contributed by atoms with Crippen molar-refractivity contribution < 1.29 is 5.21 Å². The van der Waals surface area contributed by atoms with Crippen LogP contribution >= 0.6 is 12.8 Å². The van der Waals surface area contributed by atoms with Gasteiger partial charge >= 0.3 is 0 Å². The molecule has 0 bridgehead atoms. The van der Waals surface area contributed by atoms with Gasteiger partial charge in [-0.2, -0.15) is 0 Å². The zero-order chi connectivity index (χ0) is 7.40. The molecule has 10 heavy (non-hydrogen) atoms. The lowest BCUT2D eigenvalue weighted by Crippen LogP contribution is -1.92. The number of hydrogen-bond acceptors (Lipinski definition) is 4. The molecule has 0 aliphatic carbocycles. The van der Waals surface area contributed by atoms with Crippen LogP contribution < -0.4 is 10.2 Å². The second-order valence-electron chi connectivity index (χ2n) is 1.77. The number of thiol groups is 1. The Morgan fingerprint density at radius 3 is 2.20 bits per heavy atom. The third kappa shape index (κ3) is 1.34. The summed E-state index contributed by atoms with van der Waals surface area (Å²) in [6, 6.07) is 7.19. The molecule has 1 rings (SSSR count). The number of nitrogens with one attached hydrogen (secondary N) is 2. The Morgan fingerprint density at radius 2 is 1.80 bits per heavy atom. The van der Waals surface area contributed by atoms with Crippen LogP contribution in [0.2, 0.25) is 0 Å². The SMILES string of the molecule is ONc1ccccc1NS. The average molecular weight is 156 g/mol. The van der Waals surface area contributed by atoms with Crippen LogP contribution in [0.15, 0.2) is 24.3 Å². The Bertz CT molecular complexity index is 194. The van der Waals surface area contributed by atoms with E-state index in [4.69, 9.17) is 5.21 Å². The predicted molar refractivity (Wildman–Crippen MR) is 44.5 cm³/mol. The summed E-state index contributed by atoms with van der Waals surface area (Å²) >= 11 is 3.83. The first-order valence-corrected chi connectivity index (χ1v) is 3.22. The standard InChI is InChI=1S/C6H8N2OS/c9-7-5-3-1-2-4-6(5)8-10/h1-4,7-10H. The van der Waals surface area contributed by atoms with Crippen molar-refractivity contribution in [3.63, 3.8) is 0 Å².